The number of benzene rings is 1. The molecule has 3 aromatic rings. The minimum atomic E-state index is 0. The Bertz CT molecular complexity index is 753. The summed E-state index contributed by atoms with van der Waals surface area (Å²) in [4.78, 5) is 4.59. The van der Waals surface area contributed by atoms with Crippen LogP contribution in [0.1, 0.15) is 5.76 Å². The van der Waals surface area contributed by atoms with E-state index in [0.717, 1.165) is 22.6 Å². The number of halogens is 2. The summed E-state index contributed by atoms with van der Waals surface area (Å²) in [7, 11) is 1.98. The Hall–Kier alpha value is -1.40. The summed E-state index contributed by atoms with van der Waals surface area (Å²) >= 11 is 6.00. The molecule has 0 bridgehead atoms. The summed E-state index contributed by atoms with van der Waals surface area (Å²) in [6, 6.07) is 11.5. The van der Waals surface area contributed by atoms with Crippen LogP contribution >= 0.6 is 11.6 Å². The van der Waals surface area contributed by atoms with E-state index in [1.165, 1.54) is 0 Å². The zero-order chi connectivity index (χ0) is 14.1. The predicted molar refractivity (Wildman–Crippen MR) is 78.3 cm³/mol. The molecule has 2 aromatic heterocycles. The number of aromatic nitrogens is 2. The van der Waals surface area contributed by atoms with Crippen LogP contribution in [-0.4, -0.2) is 4.98 Å². The van der Waals surface area contributed by atoms with Gasteiger partial charge in [-0.2, -0.15) is 0 Å². The van der Waals surface area contributed by atoms with E-state index in [1.807, 2.05) is 67.3 Å². The number of oxazole rings is 1. The summed E-state index contributed by atoms with van der Waals surface area (Å²) in [6.45, 7) is 1.92. The topological polar surface area (TPSA) is 29.9 Å². The van der Waals surface area contributed by atoms with E-state index in [1.54, 1.807) is 0 Å². The number of rotatable bonds is 2. The molecule has 0 radical (unpaired) electrons. The zero-order valence-corrected chi connectivity index (χ0v) is 14.6. The molecule has 3 rings (SSSR count). The first-order chi connectivity index (χ1) is 9.63. The third-order valence-electron chi connectivity index (χ3n) is 3.12. The van der Waals surface area contributed by atoms with Gasteiger partial charge in [0.1, 0.15) is 18.5 Å². The Balaban J connectivity index is 0.00000161. The number of aryl methyl sites for hydroxylation is 2. The second kappa shape index (κ2) is 6.58. The van der Waals surface area contributed by atoms with Crippen LogP contribution in [0.2, 0.25) is 5.02 Å². The summed E-state index contributed by atoms with van der Waals surface area (Å²) in [5.41, 5.74) is 2.78. The molecule has 0 aliphatic carbocycles. The van der Waals surface area contributed by atoms with Crippen molar-refractivity contribution in [3.8, 4) is 22.7 Å². The molecule has 0 fully saturated rings. The average Bonchev–Trinajstić information content (AvgIpc) is 2.82. The van der Waals surface area contributed by atoms with Crippen molar-refractivity contribution in [1.29, 1.82) is 0 Å². The monoisotopic (exact) mass is 412 g/mol. The lowest BCUT2D eigenvalue weighted by molar-refractivity contribution is -0.671. The Morgan fingerprint density at radius 2 is 1.81 bits per heavy atom. The molecule has 21 heavy (non-hydrogen) atoms. The molecule has 0 amide bonds. The van der Waals surface area contributed by atoms with Gasteiger partial charge >= 0.3 is 0 Å². The standard InChI is InChI=1S/C16H14ClN2O.HI/c1-11-15(12-6-8-19(2)9-7-12)18-16(20-11)13-4-3-5-14(17)10-13;/h3-10H,1-2H3;1H/q+1;/p-1. The molecular weight excluding hydrogens is 399 g/mol. The second-order valence-corrected chi connectivity index (χ2v) is 5.12. The summed E-state index contributed by atoms with van der Waals surface area (Å²) in [5.74, 6) is 1.39. The SMILES string of the molecule is Cc1oc(-c2cccc(Cl)c2)nc1-c1cc[n+](C)cc1.[I-]. The van der Waals surface area contributed by atoms with Crippen LogP contribution in [0.4, 0.5) is 0 Å². The molecular formula is C16H14ClIN2O. The fourth-order valence-corrected chi connectivity index (χ4v) is 2.26. The van der Waals surface area contributed by atoms with Gasteiger partial charge < -0.3 is 28.4 Å². The van der Waals surface area contributed by atoms with E-state index in [9.17, 15) is 0 Å². The quantitative estimate of drug-likeness (QED) is 0.460. The molecule has 0 N–H and O–H groups in total. The Kier molecular flexibility index (Phi) is 5.00. The van der Waals surface area contributed by atoms with Crippen molar-refractivity contribution in [2.75, 3.05) is 0 Å². The zero-order valence-electron chi connectivity index (χ0n) is 11.7. The van der Waals surface area contributed by atoms with E-state index in [0.29, 0.717) is 10.9 Å². The van der Waals surface area contributed by atoms with Crippen molar-refractivity contribution in [3.63, 3.8) is 0 Å². The predicted octanol–water partition coefficient (Wildman–Crippen LogP) is 0.799. The molecule has 0 aliphatic rings. The van der Waals surface area contributed by atoms with Gasteiger partial charge in [-0.05, 0) is 25.1 Å². The number of pyridine rings is 1. The molecule has 0 saturated heterocycles. The van der Waals surface area contributed by atoms with Gasteiger partial charge in [-0.3, -0.25) is 0 Å². The van der Waals surface area contributed by atoms with Gasteiger partial charge in [0.15, 0.2) is 12.4 Å². The maximum absolute atomic E-state index is 6.00. The lowest BCUT2D eigenvalue weighted by atomic mass is 10.2. The normalized spacial score (nSPS) is 10.2. The molecule has 0 spiro atoms. The maximum Gasteiger partial charge on any atom is 0.226 e. The van der Waals surface area contributed by atoms with Crippen molar-refractivity contribution < 1.29 is 33.0 Å². The first kappa shape index (κ1) is 16.0. The minimum Gasteiger partial charge on any atom is -1.00 e. The van der Waals surface area contributed by atoms with Gasteiger partial charge in [0.25, 0.3) is 0 Å². The third-order valence-corrected chi connectivity index (χ3v) is 3.36. The fourth-order valence-electron chi connectivity index (χ4n) is 2.07. The van der Waals surface area contributed by atoms with Crippen LogP contribution in [0, 0.1) is 6.92 Å². The Labute approximate surface area is 145 Å². The van der Waals surface area contributed by atoms with Gasteiger partial charge in [0, 0.05) is 28.3 Å². The molecule has 0 aliphatic heterocycles. The van der Waals surface area contributed by atoms with Crippen molar-refractivity contribution >= 4 is 11.6 Å². The highest BCUT2D eigenvalue weighted by Gasteiger charge is 2.14. The Morgan fingerprint density at radius 1 is 1.10 bits per heavy atom. The summed E-state index contributed by atoms with van der Waals surface area (Å²) in [6.07, 6.45) is 3.98. The fraction of sp³-hybridized carbons (Fsp3) is 0.125. The van der Waals surface area contributed by atoms with Gasteiger partial charge in [0.05, 0.1) is 0 Å². The molecule has 0 unspecified atom stereocenters. The number of hydrogen-bond donors (Lipinski definition) is 0. The first-order valence-electron chi connectivity index (χ1n) is 6.32. The average molecular weight is 413 g/mol. The van der Waals surface area contributed by atoms with Gasteiger partial charge in [-0.1, -0.05) is 17.7 Å². The van der Waals surface area contributed by atoms with Gasteiger partial charge in [0.2, 0.25) is 5.89 Å². The molecule has 2 heterocycles. The van der Waals surface area contributed by atoms with Gasteiger partial charge in [-0.15, -0.1) is 0 Å². The van der Waals surface area contributed by atoms with Crippen LogP contribution in [0.3, 0.4) is 0 Å². The largest absolute Gasteiger partial charge is 1.00 e. The highest BCUT2D eigenvalue weighted by Crippen LogP contribution is 2.29. The minimum absolute atomic E-state index is 0. The molecule has 108 valence electrons. The van der Waals surface area contributed by atoms with Crippen molar-refractivity contribution in [1.82, 2.24) is 4.98 Å². The van der Waals surface area contributed by atoms with E-state index in [-0.39, 0.29) is 24.0 Å². The first-order valence-corrected chi connectivity index (χ1v) is 6.70. The van der Waals surface area contributed by atoms with Crippen molar-refractivity contribution in [2.45, 2.75) is 6.92 Å². The van der Waals surface area contributed by atoms with E-state index < -0.39 is 0 Å². The molecule has 5 heteroatoms. The highest BCUT2D eigenvalue weighted by molar-refractivity contribution is 6.30. The smallest absolute Gasteiger partial charge is 0.226 e. The molecule has 3 nitrogen and oxygen atoms in total. The van der Waals surface area contributed by atoms with E-state index in [2.05, 4.69) is 4.98 Å². The lowest BCUT2D eigenvalue weighted by Crippen LogP contribution is -3.00. The maximum atomic E-state index is 6.00. The summed E-state index contributed by atoms with van der Waals surface area (Å²) in [5, 5.41) is 0.673. The van der Waals surface area contributed by atoms with Crippen molar-refractivity contribution in [3.05, 3.63) is 59.6 Å². The number of nitrogens with zero attached hydrogens (tertiary/aromatic N) is 2. The van der Waals surface area contributed by atoms with E-state index >= 15 is 0 Å². The van der Waals surface area contributed by atoms with E-state index in [4.69, 9.17) is 16.0 Å². The highest BCUT2D eigenvalue weighted by atomic mass is 127. The lowest BCUT2D eigenvalue weighted by Gasteiger charge is -1.95. The summed E-state index contributed by atoms with van der Waals surface area (Å²) < 4.78 is 7.75. The number of hydrogen-bond acceptors (Lipinski definition) is 2. The van der Waals surface area contributed by atoms with Gasteiger partial charge in [-0.25, -0.2) is 9.55 Å². The van der Waals surface area contributed by atoms with Crippen molar-refractivity contribution in [2.24, 2.45) is 7.05 Å². The molecule has 0 saturated carbocycles. The molecule has 1 aromatic carbocycles. The second-order valence-electron chi connectivity index (χ2n) is 4.69. The van der Waals surface area contributed by atoms with Crippen LogP contribution < -0.4 is 28.5 Å². The van der Waals surface area contributed by atoms with Crippen LogP contribution in [0.5, 0.6) is 0 Å². The van der Waals surface area contributed by atoms with Crippen LogP contribution in [0.25, 0.3) is 22.7 Å². The third kappa shape index (κ3) is 3.44. The van der Waals surface area contributed by atoms with Crippen LogP contribution in [-0.2, 0) is 7.05 Å². The molecule has 0 atom stereocenters. The Morgan fingerprint density at radius 3 is 2.48 bits per heavy atom. The van der Waals surface area contributed by atoms with Crippen LogP contribution in [0.15, 0.2) is 53.2 Å².